The van der Waals surface area contributed by atoms with Crippen LogP contribution in [0.15, 0.2) is 499 Å². The van der Waals surface area contributed by atoms with Crippen LogP contribution in [-0.2, 0) is 0 Å². The molecule has 0 radical (unpaired) electrons. The highest BCUT2D eigenvalue weighted by molar-refractivity contribution is 6.28. The molecule has 0 atom stereocenters. The average Bonchev–Trinajstić information content (AvgIpc) is 1.54. The second-order valence-electron chi connectivity index (χ2n) is 37.7. The lowest BCUT2D eigenvalue weighted by atomic mass is 10.1. The zero-order valence-corrected chi connectivity index (χ0v) is 77.0. The molecule has 0 aliphatic carbocycles. The van der Waals surface area contributed by atoms with E-state index in [-0.39, 0.29) is 0 Å². The SMILES string of the molecule is c1cc(-n2c3ccccc3c3ccccc32)cc(-n2c3ccccc3c3cc4c5ccccc5n(-c5ccc6oc7ccccc7c6c5)c4cc32)c1.c1ccc(-n2c3ccccc3c3c2ccc2c4ccccc4n(-c4ccc5oc6ccccc6c5c4)c23)cc1.c1ccc2c(c1)oc1ccc(-n3c4ccccc4c4cc5c6ccccc6n(-c6ccc(-n7c8ccccc8c8ccccc87)cc6)c5cc43)cc12. The number of para-hydroxylation sites is 14. The molecule has 143 heavy (non-hydrogen) atoms. The summed E-state index contributed by atoms with van der Waals surface area (Å²) < 4.78 is 37.9. The summed E-state index contributed by atoms with van der Waals surface area (Å²) in [5.74, 6) is 0. The first-order chi connectivity index (χ1) is 71.0. The van der Waals surface area contributed by atoms with E-state index in [9.17, 15) is 0 Å². The van der Waals surface area contributed by atoms with Crippen LogP contribution in [0.25, 0.3) is 286 Å². The van der Waals surface area contributed by atoms with Gasteiger partial charge in [-0.1, -0.05) is 267 Å². The van der Waals surface area contributed by atoms with Crippen LogP contribution in [0, 0.1) is 0 Å². The van der Waals surface area contributed by atoms with Gasteiger partial charge < -0.3 is 49.8 Å². The number of hydrogen-bond donors (Lipinski definition) is 0. The van der Waals surface area contributed by atoms with Crippen molar-refractivity contribution >= 4 is 240 Å². The molecule has 666 valence electrons. The zero-order chi connectivity index (χ0) is 93.3. The van der Waals surface area contributed by atoms with E-state index in [0.29, 0.717) is 0 Å². The fourth-order valence-electron chi connectivity index (χ4n) is 24.1. The Hall–Kier alpha value is -19.4. The number of benzene rings is 22. The molecule has 0 N–H and O–H groups in total. The molecule has 0 aliphatic rings. The van der Waals surface area contributed by atoms with Crippen LogP contribution in [-0.4, -0.2) is 36.5 Å². The van der Waals surface area contributed by atoms with Crippen LogP contribution in [0.1, 0.15) is 0 Å². The second kappa shape index (κ2) is 30.6. The largest absolute Gasteiger partial charge is 0.456 e. The third-order valence-electron chi connectivity index (χ3n) is 30.1. The molecular formula is C132H80N8O3. The Balaban J connectivity index is 0.0000000993. The maximum Gasteiger partial charge on any atom is 0.135 e. The zero-order valence-electron chi connectivity index (χ0n) is 77.0. The maximum absolute atomic E-state index is 6.23. The molecule has 22 aromatic carbocycles. The fourth-order valence-corrected chi connectivity index (χ4v) is 24.1. The predicted octanol–water partition coefficient (Wildman–Crippen LogP) is 35.5. The minimum atomic E-state index is 0.899. The summed E-state index contributed by atoms with van der Waals surface area (Å²) in [7, 11) is 0. The van der Waals surface area contributed by atoms with Gasteiger partial charge in [-0.05, 0) is 218 Å². The third kappa shape index (κ3) is 11.6. The first-order valence-corrected chi connectivity index (χ1v) is 48.8. The lowest BCUT2D eigenvalue weighted by Gasteiger charge is -2.13. The Kier molecular flexibility index (Phi) is 16.8. The Morgan fingerprint density at radius 1 is 0.105 bits per heavy atom. The molecule has 0 saturated heterocycles. The van der Waals surface area contributed by atoms with Crippen molar-refractivity contribution in [3.63, 3.8) is 0 Å². The van der Waals surface area contributed by atoms with E-state index in [1.165, 1.54) is 174 Å². The number of aromatic nitrogens is 8. The highest BCUT2D eigenvalue weighted by Crippen LogP contribution is 2.49. The Labute approximate surface area is 815 Å². The molecule has 11 heteroatoms. The quantitative estimate of drug-likeness (QED) is 0.152. The summed E-state index contributed by atoms with van der Waals surface area (Å²) >= 11 is 0. The molecular weight excluding hydrogens is 1750 g/mol. The lowest BCUT2D eigenvalue weighted by Crippen LogP contribution is -1.99. The van der Waals surface area contributed by atoms with Crippen molar-refractivity contribution < 1.29 is 13.3 Å². The lowest BCUT2D eigenvalue weighted by molar-refractivity contribution is 0.668. The van der Waals surface area contributed by atoms with Gasteiger partial charge >= 0.3 is 0 Å². The first kappa shape index (κ1) is 78.8. The van der Waals surface area contributed by atoms with Crippen molar-refractivity contribution in [3.8, 4) is 45.5 Å². The molecule has 11 heterocycles. The Bertz CT molecular complexity index is 11100. The summed E-state index contributed by atoms with van der Waals surface area (Å²) in [6.07, 6.45) is 0. The van der Waals surface area contributed by atoms with Gasteiger partial charge in [0.15, 0.2) is 0 Å². The number of rotatable bonds is 8. The Morgan fingerprint density at radius 2 is 0.329 bits per heavy atom. The predicted molar refractivity (Wildman–Crippen MR) is 596 cm³/mol. The summed E-state index contributed by atoms with van der Waals surface area (Å²) in [6, 6.07) is 175. The van der Waals surface area contributed by atoms with E-state index in [4.69, 9.17) is 13.3 Å². The van der Waals surface area contributed by atoms with E-state index in [1.54, 1.807) is 0 Å². The molecule has 0 saturated carbocycles. The van der Waals surface area contributed by atoms with Crippen LogP contribution in [0.5, 0.6) is 0 Å². The monoisotopic (exact) mass is 1820 g/mol. The molecule has 0 spiro atoms. The van der Waals surface area contributed by atoms with Crippen molar-refractivity contribution in [2.24, 2.45) is 0 Å². The first-order valence-electron chi connectivity index (χ1n) is 48.8. The standard InChI is InChI=1S/2C48H29N3O.C36H22N2O/c1-6-19-41-33(14-1)34-15-2-7-20-42(34)49(41)30-12-11-13-31(26-30)50-43-21-8-3-16-35(43)38-28-39-36-17-4-9-22-44(36)51(46(39)29-45(38)50)32-24-25-48-40(27-32)37-18-5-10-23-47(37)52-48;1-6-16-41-33(11-1)34-12-2-7-17-42(34)49(41)30-21-23-31(24-22-30)50-43-18-8-3-13-35(43)38-28-39-36-14-4-9-19-44(36)51(46(39)29-45(38)50)32-25-26-48-40(27-32)37-15-5-10-20-47(37)52-48;1-2-10-23(11-3-1)37-31-16-8-5-14-28(31)35-32(37)20-19-27-25-12-4-7-15-30(25)38(36(27)35)24-18-21-34-29(22-24)26-13-6-9-17-33(26)39-34/h2*1-29H;1-22H. The van der Waals surface area contributed by atoms with E-state index < -0.39 is 0 Å². The number of fused-ring (bicyclic) bond motifs is 34. The fraction of sp³-hybridized carbons (Fsp3) is 0. The van der Waals surface area contributed by atoms with Crippen LogP contribution >= 0.6 is 0 Å². The van der Waals surface area contributed by atoms with E-state index in [2.05, 4.69) is 485 Å². The molecule has 0 fully saturated rings. The topological polar surface area (TPSA) is 78.9 Å². The minimum Gasteiger partial charge on any atom is -0.456 e. The van der Waals surface area contributed by atoms with Crippen molar-refractivity contribution in [3.05, 3.63) is 485 Å². The number of nitrogens with zero attached hydrogens (tertiary/aromatic N) is 8. The molecule has 33 rings (SSSR count). The molecule has 0 aliphatic heterocycles. The summed E-state index contributed by atoms with van der Waals surface area (Å²) in [5.41, 5.74) is 33.6. The molecule has 33 aromatic rings. The molecule has 0 amide bonds. The maximum atomic E-state index is 6.23. The van der Waals surface area contributed by atoms with Crippen LogP contribution < -0.4 is 0 Å². The number of hydrogen-bond acceptors (Lipinski definition) is 3. The van der Waals surface area contributed by atoms with Crippen LogP contribution in [0.2, 0.25) is 0 Å². The number of furan rings is 3. The van der Waals surface area contributed by atoms with Crippen molar-refractivity contribution in [1.29, 1.82) is 0 Å². The normalized spacial score (nSPS) is 12.2. The van der Waals surface area contributed by atoms with Gasteiger partial charge in [0.25, 0.3) is 0 Å². The van der Waals surface area contributed by atoms with Gasteiger partial charge in [0.1, 0.15) is 33.5 Å². The Morgan fingerprint density at radius 3 is 0.685 bits per heavy atom. The van der Waals surface area contributed by atoms with Crippen molar-refractivity contribution in [2.45, 2.75) is 0 Å². The average molecular weight is 1830 g/mol. The molecule has 0 bridgehead atoms. The summed E-state index contributed by atoms with van der Waals surface area (Å²) in [4.78, 5) is 0. The van der Waals surface area contributed by atoms with Gasteiger partial charge in [0.05, 0.1) is 88.3 Å². The van der Waals surface area contributed by atoms with Gasteiger partial charge in [-0.25, -0.2) is 0 Å². The summed E-state index contributed by atoms with van der Waals surface area (Å²) in [6.45, 7) is 0. The van der Waals surface area contributed by atoms with Gasteiger partial charge in [0, 0.05) is 164 Å². The van der Waals surface area contributed by atoms with Gasteiger partial charge in [0.2, 0.25) is 0 Å². The van der Waals surface area contributed by atoms with Crippen molar-refractivity contribution in [2.75, 3.05) is 0 Å². The third-order valence-corrected chi connectivity index (χ3v) is 30.1. The minimum absolute atomic E-state index is 0.899. The van der Waals surface area contributed by atoms with Crippen LogP contribution in [0.3, 0.4) is 0 Å². The highest BCUT2D eigenvalue weighted by atomic mass is 16.3. The summed E-state index contributed by atoms with van der Waals surface area (Å²) in [5, 5.41) is 26.8. The van der Waals surface area contributed by atoms with E-state index >= 15 is 0 Å². The van der Waals surface area contributed by atoms with E-state index in [0.717, 1.165) is 111 Å². The molecule has 11 nitrogen and oxygen atoms in total. The second-order valence-corrected chi connectivity index (χ2v) is 37.7. The van der Waals surface area contributed by atoms with Gasteiger partial charge in [-0.2, -0.15) is 0 Å². The van der Waals surface area contributed by atoms with Crippen molar-refractivity contribution in [1.82, 2.24) is 36.5 Å². The van der Waals surface area contributed by atoms with Gasteiger partial charge in [-0.3, -0.25) is 0 Å². The van der Waals surface area contributed by atoms with Crippen LogP contribution in [0.4, 0.5) is 0 Å². The molecule has 11 aromatic heterocycles. The highest BCUT2D eigenvalue weighted by Gasteiger charge is 2.27. The smallest absolute Gasteiger partial charge is 0.135 e. The molecule has 0 unspecified atom stereocenters. The van der Waals surface area contributed by atoms with Gasteiger partial charge in [-0.15, -0.1) is 0 Å². The van der Waals surface area contributed by atoms with E-state index in [1.807, 2.05) is 36.4 Å².